The third kappa shape index (κ3) is 1.93. The summed E-state index contributed by atoms with van der Waals surface area (Å²) in [6.45, 7) is 0.692. The van der Waals surface area contributed by atoms with Crippen LogP contribution >= 0.6 is 15.9 Å². The number of halogens is 1. The molecule has 2 aromatic rings. The van der Waals surface area contributed by atoms with E-state index in [-0.39, 0.29) is 0 Å². The number of hydrogen-bond acceptors (Lipinski definition) is 3. The Bertz CT molecular complexity index is 424. The van der Waals surface area contributed by atoms with E-state index in [1.165, 1.54) is 6.33 Å². The quantitative estimate of drug-likeness (QED) is 0.828. The van der Waals surface area contributed by atoms with E-state index in [0.29, 0.717) is 6.54 Å². The van der Waals surface area contributed by atoms with Crippen LogP contribution in [-0.2, 0) is 6.54 Å². The average molecular weight is 253 g/mol. The van der Waals surface area contributed by atoms with E-state index in [4.69, 9.17) is 5.73 Å². The lowest BCUT2D eigenvalue weighted by atomic mass is 10.2. The molecular weight excluding hydrogens is 244 g/mol. The molecule has 2 rings (SSSR count). The molecular formula is C9H9BrN4. The summed E-state index contributed by atoms with van der Waals surface area (Å²) in [7, 11) is 0. The van der Waals surface area contributed by atoms with Gasteiger partial charge < -0.3 is 5.73 Å². The Kier molecular flexibility index (Phi) is 2.49. The van der Waals surface area contributed by atoms with Gasteiger partial charge in [-0.25, -0.2) is 9.67 Å². The van der Waals surface area contributed by atoms with Gasteiger partial charge in [-0.2, -0.15) is 5.10 Å². The van der Waals surface area contributed by atoms with Crippen LogP contribution in [0, 0.1) is 0 Å². The van der Waals surface area contributed by atoms with Gasteiger partial charge in [0.1, 0.15) is 12.7 Å². The molecule has 2 N–H and O–H groups in total. The molecule has 0 saturated heterocycles. The van der Waals surface area contributed by atoms with Crippen LogP contribution < -0.4 is 5.73 Å². The number of anilines is 1. The van der Waals surface area contributed by atoms with Gasteiger partial charge in [-0.3, -0.25) is 0 Å². The highest BCUT2D eigenvalue weighted by Gasteiger charge is 1.99. The smallest absolute Gasteiger partial charge is 0.137 e. The molecule has 1 aromatic heterocycles. The maximum Gasteiger partial charge on any atom is 0.137 e. The maximum atomic E-state index is 5.76. The van der Waals surface area contributed by atoms with Crippen molar-refractivity contribution in [2.75, 3.05) is 5.73 Å². The fourth-order valence-electron chi connectivity index (χ4n) is 1.19. The maximum absolute atomic E-state index is 5.76. The van der Waals surface area contributed by atoms with Crippen LogP contribution in [0.15, 0.2) is 35.3 Å². The number of benzene rings is 1. The predicted molar refractivity (Wildman–Crippen MR) is 57.7 cm³/mol. The Balaban J connectivity index is 2.22. The zero-order valence-corrected chi connectivity index (χ0v) is 8.98. The molecule has 0 unspecified atom stereocenters. The molecule has 0 aliphatic heterocycles. The van der Waals surface area contributed by atoms with Crippen molar-refractivity contribution in [3.8, 4) is 0 Å². The fourth-order valence-corrected chi connectivity index (χ4v) is 1.44. The molecule has 0 atom stereocenters. The number of nitrogen functional groups attached to an aromatic ring is 1. The Morgan fingerprint density at radius 1 is 1.43 bits per heavy atom. The summed E-state index contributed by atoms with van der Waals surface area (Å²) in [5.74, 6) is 0. The Hall–Kier alpha value is -1.36. The summed E-state index contributed by atoms with van der Waals surface area (Å²) in [6.07, 6.45) is 3.19. The minimum absolute atomic E-state index is 0.692. The van der Waals surface area contributed by atoms with Crippen molar-refractivity contribution in [3.63, 3.8) is 0 Å². The molecule has 0 aliphatic rings. The van der Waals surface area contributed by atoms with E-state index in [9.17, 15) is 0 Å². The molecule has 0 bridgehead atoms. The van der Waals surface area contributed by atoms with Gasteiger partial charge in [-0.1, -0.05) is 6.07 Å². The minimum atomic E-state index is 0.692. The fraction of sp³-hybridized carbons (Fsp3) is 0.111. The summed E-state index contributed by atoms with van der Waals surface area (Å²) < 4.78 is 2.67. The van der Waals surface area contributed by atoms with Crippen molar-refractivity contribution in [1.82, 2.24) is 14.8 Å². The zero-order chi connectivity index (χ0) is 9.97. The predicted octanol–water partition coefficient (Wildman–Crippen LogP) is 1.67. The molecule has 1 heterocycles. The van der Waals surface area contributed by atoms with Crippen LogP contribution in [0.25, 0.3) is 0 Å². The first-order valence-electron chi connectivity index (χ1n) is 4.12. The van der Waals surface area contributed by atoms with Crippen molar-refractivity contribution in [2.45, 2.75) is 6.54 Å². The molecule has 0 amide bonds. The van der Waals surface area contributed by atoms with Gasteiger partial charge in [0.05, 0.1) is 6.54 Å². The zero-order valence-electron chi connectivity index (χ0n) is 7.39. The molecule has 0 aliphatic carbocycles. The minimum Gasteiger partial charge on any atom is -0.398 e. The van der Waals surface area contributed by atoms with Crippen molar-refractivity contribution in [1.29, 1.82) is 0 Å². The van der Waals surface area contributed by atoms with Crippen LogP contribution in [0.4, 0.5) is 5.69 Å². The van der Waals surface area contributed by atoms with Crippen LogP contribution in [0.3, 0.4) is 0 Å². The van der Waals surface area contributed by atoms with E-state index >= 15 is 0 Å². The summed E-state index contributed by atoms with van der Waals surface area (Å²) in [5.41, 5.74) is 7.60. The molecule has 4 nitrogen and oxygen atoms in total. The first kappa shape index (κ1) is 9.21. The SMILES string of the molecule is Nc1cc(Cn2cncn2)ccc1Br. The van der Waals surface area contributed by atoms with Gasteiger partial charge >= 0.3 is 0 Å². The molecule has 0 spiro atoms. The van der Waals surface area contributed by atoms with Crippen LogP contribution in [0.5, 0.6) is 0 Å². The number of nitrogens with zero attached hydrogens (tertiary/aromatic N) is 3. The summed E-state index contributed by atoms with van der Waals surface area (Å²) in [6, 6.07) is 5.86. The van der Waals surface area contributed by atoms with E-state index in [1.807, 2.05) is 18.2 Å². The summed E-state index contributed by atoms with van der Waals surface area (Å²) >= 11 is 3.35. The van der Waals surface area contributed by atoms with Gasteiger partial charge in [0.2, 0.25) is 0 Å². The molecule has 0 saturated carbocycles. The van der Waals surface area contributed by atoms with Crippen molar-refractivity contribution in [3.05, 3.63) is 40.9 Å². The Morgan fingerprint density at radius 3 is 2.93 bits per heavy atom. The first-order chi connectivity index (χ1) is 6.75. The van der Waals surface area contributed by atoms with Gasteiger partial charge in [0.25, 0.3) is 0 Å². The van der Waals surface area contributed by atoms with E-state index in [2.05, 4.69) is 26.0 Å². The standard InChI is InChI=1S/C9H9BrN4/c10-8-2-1-7(3-9(8)11)4-14-6-12-5-13-14/h1-3,5-6H,4,11H2. The first-order valence-corrected chi connectivity index (χ1v) is 4.91. The van der Waals surface area contributed by atoms with Crippen LogP contribution in [0.2, 0.25) is 0 Å². The highest BCUT2D eigenvalue weighted by Crippen LogP contribution is 2.20. The third-order valence-electron chi connectivity index (χ3n) is 1.87. The largest absolute Gasteiger partial charge is 0.398 e. The van der Waals surface area contributed by atoms with E-state index < -0.39 is 0 Å². The third-order valence-corrected chi connectivity index (χ3v) is 2.59. The highest BCUT2D eigenvalue weighted by molar-refractivity contribution is 9.10. The molecule has 5 heteroatoms. The van der Waals surface area contributed by atoms with E-state index in [0.717, 1.165) is 15.7 Å². The lowest BCUT2D eigenvalue weighted by Gasteiger charge is -2.03. The van der Waals surface area contributed by atoms with Gasteiger partial charge in [0, 0.05) is 10.2 Å². The number of hydrogen-bond donors (Lipinski definition) is 1. The van der Waals surface area contributed by atoms with Crippen molar-refractivity contribution < 1.29 is 0 Å². The Labute approximate surface area is 89.9 Å². The van der Waals surface area contributed by atoms with Crippen molar-refractivity contribution >= 4 is 21.6 Å². The number of nitrogens with two attached hydrogens (primary N) is 1. The second kappa shape index (κ2) is 3.79. The monoisotopic (exact) mass is 252 g/mol. The number of aromatic nitrogens is 3. The van der Waals surface area contributed by atoms with E-state index in [1.54, 1.807) is 11.0 Å². The second-order valence-corrected chi connectivity index (χ2v) is 3.80. The van der Waals surface area contributed by atoms with Crippen LogP contribution in [-0.4, -0.2) is 14.8 Å². The van der Waals surface area contributed by atoms with Gasteiger partial charge in [-0.15, -0.1) is 0 Å². The molecule has 72 valence electrons. The lowest BCUT2D eigenvalue weighted by Crippen LogP contribution is -2.00. The van der Waals surface area contributed by atoms with Gasteiger partial charge in [0.15, 0.2) is 0 Å². The normalized spacial score (nSPS) is 10.4. The molecule has 0 fully saturated rings. The molecule has 14 heavy (non-hydrogen) atoms. The average Bonchev–Trinajstić information content (AvgIpc) is 2.64. The van der Waals surface area contributed by atoms with Crippen LogP contribution in [0.1, 0.15) is 5.56 Å². The highest BCUT2D eigenvalue weighted by atomic mass is 79.9. The number of rotatable bonds is 2. The summed E-state index contributed by atoms with van der Waals surface area (Å²) in [5, 5.41) is 4.02. The summed E-state index contributed by atoms with van der Waals surface area (Å²) in [4.78, 5) is 3.87. The molecule has 1 aromatic carbocycles. The van der Waals surface area contributed by atoms with Gasteiger partial charge in [-0.05, 0) is 33.6 Å². The Morgan fingerprint density at radius 2 is 2.29 bits per heavy atom. The topological polar surface area (TPSA) is 56.7 Å². The van der Waals surface area contributed by atoms with Crippen molar-refractivity contribution in [2.24, 2.45) is 0 Å². The lowest BCUT2D eigenvalue weighted by molar-refractivity contribution is 0.685. The molecule has 0 radical (unpaired) electrons. The second-order valence-electron chi connectivity index (χ2n) is 2.95.